The summed E-state index contributed by atoms with van der Waals surface area (Å²) < 4.78 is 16.0. The number of nitrogens with zero attached hydrogens (tertiary/aromatic N) is 1. The van der Waals surface area contributed by atoms with Crippen molar-refractivity contribution < 1.29 is 18.7 Å². The van der Waals surface area contributed by atoms with Gasteiger partial charge in [0.15, 0.2) is 0 Å². The van der Waals surface area contributed by atoms with Crippen molar-refractivity contribution in [3.05, 3.63) is 70.3 Å². The minimum atomic E-state index is -0.138. The maximum atomic E-state index is 13.2. The number of rotatable bonds is 7. The minimum absolute atomic E-state index is 0.138. The van der Waals surface area contributed by atoms with Crippen molar-refractivity contribution in [3.8, 4) is 11.5 Å². The van der Waals surface area contributed by atoms with Crippen molar-refractivity contribution >= 4 is 17.2 Å². The van der Waals surface area contributed by atoms with E-state index in [4.69, 9.17) is 13.9 Å². The van der Waals surface area contributed by atoms with Crippen LogP contribution in [0.1, 0.15) is 21.0 Å². The molecule has 3 rings (SSSR count). The molecule has 0 atom stereocenters. The van der Waals surface area contributed by atoms with E-state index >= 15 is 0 Å². The lowest BCUT2D eigenvalue weighted by atomic mass is 10.1. The maximum Gasteiger partial charge on any atom is 0.258 e. The predicted octanol–water partition coefficient (Wildman–Crippen LogP) is 4.20. The van der Waals surface area contributed by atoms with Crippen LogP contribution in [0.25, 0.3) is 0 Å². The molecule has 3 aromatic rings. The Kier molecular flexibility index (Phi) is 5.40. The van der Waals surface area contributed by atoms with Gasteiger partial charge >= 0.3 is 0 Å². The van der Waals surface area contributed by atoms with E-state index in [0.717, 1.165) is 10.6 Å². The maximum absolute atomic E-state index is 13.2. The first-order valence-corrected chi connectivity index (χ1v) is 8.65. The first kappa shape index (κ1) is 17.1. The van der Waals surface area contributed by atoms with E-state index in [1.54, 1.807) is 54.9 Å². The fraction of sp³-hybridized carbons (Fsp3) is 0.211. The van der Waals surface area contributed by atoms with Crippen LogP contribution in [0.2, 0.25) is 0 Å². The monoisotopic (exact) mass is 357 g/mol. The molecular weight excluding hydrogens is 338 g/mol. The fourth-order valence-corrected chi connectivity index (χ4v) is 3.25. The first-order valence-electron chi connectivity index (χ1n) is 7.77. The predicted molar refractivity (Wildman–Crippen MR) is 96.2 cm³/mol. The summed E-state index contributed by atoms with van der Waals surface area (Å²) in [6.07, 6.45) is 1.61. The average Bonchev–Trinajstić information content (AvgIpc) is 3.34. The lowest BCUT2D eigenvalue weighted by molar-refractivity contribution is 0.0715. The standard InChI is InChI=1S/C19H19NO4S/c1-22-14-7-8-18(23-2)17(11-14)19(21)20(12-15-5-3-9-24-15)13-16-6-4-10-25-16/h3-11H,12-13H2,1-2H3. The largest absolute Gasteiger partial charge is 0.497 e. The van der Waals surface area contributed by atoms with Gasteiger partial charge in [0.2, 0.25) is 0 Å². The summed E-state index contributed by atoms with van der Waals surface area (Å²) in [6, 6.07) is 12.9. The van der Waals surface area contributed by atoms with Crippen molar-refractivity contribution in [2.24, 2.45) is 0 Å². The molecule has 0 unspecified atom stereocenters. The Morgan fingerprint density at radius 1 is 1.12 bits per heavy atom. The summed E-state index contributed by atoms with van der Waals surface area (Å²) in [4.78, 5) is 16.0. The number of carbonyl (C=O) groups is 1. The Morgan fingerprint density at radius 2 is 2.00 bits per heavy atom. The number of methoxy groups -OCH3 is 2. The lowest BCUT2D eigenvalue weighted by Crippen LogP contribution is -2.30. The molecule has 0 radical (unpaired) electrons. The number of ether oxygens (including phenoxy) is 2. The molecule has 0 saturated heterocycles. The van der Waals surface area contributed by atoms with Gasteiger partial charge in [0.25, 0.3) is 5.91 Å². The summed E-state index contributed by atoms with van der Waals surface area (Å²) in [6.45, 7) is 0.877. The highest BCUT2D eigenvalue weighted by Crippen LogP contribution is 2.27. The Morgan fingerprint density at radius 3 is 2.64 bits per heavy atom. The Bertz CT molecular complexity index is 776. The highest BCUT2D eigenvalue weighted by molar-refractivity contribution is 7.09. The minimum Gasteiger partial charge on any atom is -0.497 e. The lowest BCUT2D eigenvalue weighted by Gasteiger charge is -2.22. The molecule has 2 aromatic heterocycles. The molecule has 25 heavy (non-hydrogen) atoms. The number of amides is 1. The van der Waals surface area contributed by atoms with E-state index < -0.39 is 0 Å². The van der Waals surface area contributed by atoms with Crippen LogP contribution < -0.4 is 9.47 Å². The van der Waals surface area contributed by atoms with Crippen molar-refractivity contribution in [2.45, 2.75) is 13.1 Å². The van der Waals surface area contributed by atoms with Crippen LogP contribution in [0, 0.1) is 0 Å². The highest BCUT2D eigenvalue weighted by atomic mass is 32.1. The third-order valence-electron chi connectivity index (χ3n) is 3.78. The van der Waals surface area contributed by atoms with E-state index in [1.807, 2.05) is 29.6 Å². The zero-order valence-corrected chi connectivity index (χ0v) is 14.9. The third kappa shape index (κ3) is 4.03. The number of benzene rings is 1. The number of hydrogen-bond donors (Lipinski definition) is 0. The second-order valence-corrected chi connectivity index (χ2v) is 6.42. The van der Waals surface area contributed by atoms with Gasteiger partial charge < -0.3 is 18.8 Å². The second kappa shape index (κ2) is 7.90. The van der Waals surface area contributed by atoms with Crippen molar-refractivity contribution in [3.63, 3.8) is 0 Å². The normalized spacial score (nSPS) is 10.5. The smallest absolute Gasteiger partial charge is 0.258 e. The fourth-order valence-electron chi connectivity index (χ4n) is 2.53. The first-order chi connectivity index (χ1) is 12.2. The van der Waals surface area contributed by atoms with Gasteiger partial charge in [-0.3, -0.25) is 4.79 Å². The van der Waals surface area contributed by atoms with Crippen molar-refractivity contribution in [2.75, 3.05) is 14.2 Å². The van der Waals surface area contributed by atoms with Crippen LogP contribution in [0.5, 0.6) is 11.5 Å². The van der Waals surface area contributed by atoms with Gasteiger partial charge in [-0.1, -0.05) is 6.07 Å². The molecule has 6 heteroatoms. The molecule has 1 aromatic carbocycles. The molecule has 0 aliphatic carbocycles. The molecule has 130 valence electrons. The molecule has 0 N–H and O–H groups in total. The topological polar surface area (TPSA) is 51.9 Å². The Labute approximate surface area is 150 Å². The van der Waals surface area contributed by atoms with Crippen LogP contribution >= 0.6 is 11.3 Å². The van der Waals surface area contributed by atoms with E-state index in [-0.39, 0.29) is 5.91 Å². The van der Waals surface area contributed by atoms with Crippen LogP contribution in [0.15, 0.2) is 58.5 Å². The van der Waals surface area contributed by atoms with Crippen LogP contribution in [0.3, 0.4) is 0 Å². The van der Waals surface area contributed by atoms with Gasteiger partial charge in [-0.05, 0) is 41.8 Å². The van der Waals surface area contributed by atoms with Gasteiger partial charge in [0.1, 0.15) is 17.3 Å². The van der Waals surface area contributed by atoms with E-state index in [2.05, 4.69) is 0 Å². The molecule has 0 saturated carbocycles. The Balaban J connectivity index is 1.92. The molecule has 2 heterocycles. The average molecular weight is 357 g/mol. The molecular formula is C19H19NO4S. The van der Waals surface area contributed by atoms with Crippen molar-refractivity contribution in [1.82, 2.24) is 4.90 Å². The number of hydrogen-bond acceptors (Lipinski definition) is 5. The summed E-state index contributed by atoms with van der Waals surface area (Å²) in [7, 11) is 3.12. The van der Waals surface area contributed by atoms with E-state index in [0.29, 0.717) is 30.2 Å². The molecule has 1 amide bonds. The summed E-state index contributed by atoms with van der Waals surface area (Å²) in [5, 5.41) is 2.00. The zero-order valence-electron chi connectivity index (χ0n) is 14.1. The molecule has 0 bridgehead atoms. The van der Waals surface area contributed by atoms with Gasteiger partial charge in [-0.15, -0.1) is 11.3 Å². The van der Waals surface area contributed by atoms with Gasteiger partial charge in [-0.2, -0.15) is 0 Å². The van der Waals surface area contributed by atoms with E-state index in [1.165, 1.54) is 0 Å². The van der Waals surface area contributed by atoms with Crippen LogP contribution in [0.4, 0.5) is 0 Å². The van der Waals surface area contributed by atoms with Crippen molar-refractivity contribution in [1.29, 1.82) is 0 Å². The molecule has 0 fully saturated rings. The molecule has 0 aliphatic heterocycles. The van der Waals surface area contributed by atoms with Gasteiger partial charge in [0, 0.05) is 4.88 Å². The summed E-state index contributed by atoms with van der Waals surface area (Å²) in [5.74, 6) is 1.71. The summed E-state index contributed by atoms with van der Waals surface area (Å²) in [5.41, 5.74) is 0.463. The zero-order chi connectivity index (χ0) is 17.6. The van der Waals surface area contributed by atoms with Crippen LogP contribution in [-0.4, -0.2) is 25.0 Å². The molecule has 0 spiro atoms. The summed E-state index contributed by atoms with van der Waals surface area (Å²) >= 11 is 1.61. The second-order valence-electron chi connectivity index (χ2n) is 5.39. The quantitative estimate of drug-likeness (QED) is 0.636. The molecule has 5 nitrogen and oxygen atoms in total. The SMILES string of the molecule is COc1ccc(OC)c(C(=O)N(Cc2ccco2)Cc2cccs2)c1. The van der Waals surface area contributed by atoms with E-state index in [9.17, 15) is 4.79 Å². The Hall–Kier alpha value is -2.73. The number of furan rings is 1. The number of carbonyl (C=O) groups excluding carboxylic acids is 1. The highest BCUT2D eigenvalue weighted by Gasteiger charge is 2.22. The van der Waals surface area contributed by atoms with Crippen LogP contribution in [-0.2, 0) is 13.1 Å². The molecule has 0 aliphatic rings. The third-order valence-corrected chi connectivity index (χ3v) is 4.64. The van der Waals surface area contributed by atoms with Gasteiger partial charge in [0.05, 0.1) is 39.1 Å². The van der Waals surface area contributed by atoms with Gasteiger partial charge in [-0.25, -0.2) is 0 Å². The number of thiophene rings is 1.